The smallest absolute Gasteiger partial charge is 0.267 e. The Labute approximate surface area is 193 Å². The minimum absolute atomic E-state index is 0.193. The number of carbonyl (C=O) groups is 1. The van der Waals surface area contributed by atoms with Crippen LogP contribution in [0, 0.1) is 17.6 Å². The molecular weight excluding hydrogens is 450 g/mol. The number of nitrogens with one attached hydrogen (secondary N) is 1. The molecule has 9 heteroatoms. The predicted octanol–water partition coefficient (Wildman–Crippen LogP) is 3.82. The van der Waals surface area contributed by atoms with E-state index in [0.717, 1.165) is 56.2 Å². The molecule has 33 heavy (non-hydrogen) atoms. The summed E-state index contributed by atoms with van der Waals surface area (Å²) in [5, 5.41) is 0. The predicted molar refractivity (Wildman–Crippen MR) is 121 cm³/mol. The standard InChI is InChI=1S/C24H28F2N2O4S/c1-33(30,31)27-24(29)21-12-20(18-5-6-18)23(13-22(21)26)32-15-16-7-9-28(10-8-16)14-17-3-2-4-19(25)11-17/h2-4,11-13,16,18H,5-10,14-15H2,1H3,(H,27,29). The minimum Gasteiger partial charge on any atom is -0.493 e. The van der Waals surface area contributed by atoms with Gasteiger partial charge in [0, 0.05) is 12.6 Å². The average molecular weight is 479 g/mol. The van der Waals surface area contributed by atoms with Gasteiger partial charge in [0.25, 0.3) is 5.91 Å². The van der Waals surface area contributed by atoms with Gasteiger partial charge in [-0.25, -0.2) is 21.9 Å². The van der Waals surface area contributed by atoms with E-state index < -0.39 is 21.7 Å². The summed E-state index contributed by atoms with van der Waals surface area (Å²) in [5.74, 6) is -1.08. The van der Waals surface area contributed by atoms with Crippen LogP contribution in [0.3, 0.4) is 0 Å². The first-order valence-electron chi connectivity index (χ1n) is 11.1. The maximum Gasteiger partial charge on any atom is 0.267 e. The highest BCUT2D eigenvalue weighted by Crippen LogP contribution is 2.45. The molecule has 0 aromatic heterocycles. The van der Waals surface area contributed by atoms with Crippen LogP contribution in [0.1, 0.15) is 53.1 Å². The largest absolute Gasteiger partial charge is 0.493 e. The van der Waals surface area contributed by atoms with Crippen LogP contribution in [-0.4, -0.2) is 45.2 Å². The highest BCUT2D eigenvalue weighted by molar-refractivity contribution is 7.89. The number of likely N-dealkylation sites (tertiary alicyclic amines) is 1. The number of piperidine rings is 1. The lowest BCUT2D eigenvalue weighted by atomic mass is 9.97. The summed E-state index contributed by atoms with van der Waals surface area (Å²) in [6.45, 7) is 2.90. The van der Waals surface area contributed by atoms with E-state index in [1.54, 1.807) is 12.1 Å². The number of sulfonamides is 1. The first-order chi connectivity index (χ1) is 15.7. The molecule has 1 aliphatic heterocycles. The van der Waals surface area contributed by atoms with Crippen LogP contribution in [-0.2, 0) is 16.6 Å². The Hall–Kier alpha value is -2.52. The number of amides is 1. The Morgan fingerprint density at radius 2 is 1.85 bits per heavy atom. The number of carbonyl (C=O) groups excluding carboxylic acids is 1. The molecule has 0 unspecified atom stereocenters. The molecule has 1 N–H and O–H groups in total. The Balaban J connectivity index is 1.35. The van der Waals surface area contributed by atoms with Crippen molar-refractivity contribution in [1.82, 2.24) is 9.62 Å². The van der Waals surface area contributed by atoms with Gasteiger partial charge in [-0.1, -0.05) is 12.1 Å². The normalized spacial score (nSPS) is 17.7. The Bertz CT molecular complexity index is 1130. The van der Waals surface area contributed by atoms with Crippen molar-refractivity contribution >= 4 is 15.9 Å². The van der Waals surface area contributed by atoms with E-state index in [0.29, 0.717) is 24.8 Å². The van der Waals surface area contributed by atoms with Gasteiger partial charge in [-0.15, -0.1) is 0 Å². The molecule has 1 saturated carbocycles. The van der Waals surface area contributed by atoms with Gasteiger partial charge in [-0.3, -0.25) is 9.69 Å². The third-order valence-corrected chi connectivity index (χ3v) is 6.67. The molecule has 2 aliphatic rings. The summed E-state index contributed by atoms with van der Waals surface area (Å²) in [5.41, 5.74) is 1.41. The molecule has 1 heterocycles. The molecule has 1 amide bonds. The molecule has 2 aromatic rings. The van der Waals surface area contributed by atoms with Gasteiger partial charge < -0.3 is 4.74 Å². The molecule has 2 fully saturated rings. The van der Waals surface area contributed by atoms with Gasteiger partial charge in [0.1, 0.15) is 17.4 Å². The van der Waals surface area contributed by atoms with E-state index in [4.69, 9.17) is 4.74 Å². The van der Waals surface area contributed by atoms with E-state index in [-0.39, 0.29) is 17.3 Å². The second-order valence-electron chi connectivity index (χ2n) is 9.01. The van der Waals surface area contributed by atoms with Crippen LogP contribution in [0.4, 0.5) is 8.78 Å². The highest BCUT2D eigenvalue weighted by Gasteiger charge is 2.30. The van der Waals surface area contributed by atoms with Crippen LogP contribution in [0.2, 0.25) is 0 Å². The molecule has 0 atom stereocenters. The van der Waals surface area contributed by atoms with Gasteiger partial charge in [0.15, 0.2) is 0 Å². The molecule has 2 aromatic carbocycles. The van der Waals surface area contributed by atoms with Crippen LogP contribution in [0.15, 0.2) is 36.4 Å². The minimum atomic E-state index is -3.79. The van der Waals surface area contributed by atoms with E-state index >= 15 is 0 Å². The van der Waals surface area contributed by atoms with Crippen molar-refractivity contribution in [2.24, 2.45) is 5.92 Å². The first kappa shape index (κ1) is 23.6. The highest BCUT2D eigenvalue weighted by atomic mass is 32.2. The quantitative estimate of drug-likeness (QED) is 0.624. The number of rotatable bonds is 8. The summed E-state index contributed by atoms with van der Waals surface area (Å²) in [6, 6.07) is 9.26. The van der Waals surface area contributed by atoms with E-state index in [1.807, 2.05) is 10.8 Å². The van der Waals surface area contributed by atoms with Crippen LogP contribution < -0.4 is 9.46 Å². The monoisotopic (exact) mass is 478 g/mol. The van der Waals surface area contributed by atoms with Crippen LogP contribution in [0.25, 0.3) is 0 Å². The second kappa shape index (κ2) is 9.77. The summed E-state index contributed by atoms with van der Waals surface area (Å²) >= 11 is 0. The molecule has 1 saturated heterocycles. The molecule has 0 spiro atoms. The van der Waals surface area contributed by atoms with Crippen LogP contribution >= 0.6 is 0 Å². The molecular formula is C24H28F2N2O4S. The molecule has 0 bridgehead atoms. The SMILES string of the molecule is CS(=O)(=O)NC(=O)c1cc(C2CC2)c(OCC2CCN(Cc3cccc(F)c3)CC2)cc1F. The van der Waals surface area contributed by atoms with Gasteiger partial charge in [0.2, 0.25) is 10.0 Å². The summed E-state index contributed by atoms with van der Waals surface area (Å²) in [6.07, 6.45) is 4.55. The van der Waals surface area contributed by atoms with Crippen LogP contribution in [0.5, 0.6) is 5.75 Å². The fraction of sp³-hybridized carbons (Fsp3) is 0.458. The zero-order valence-corrected chi connectivity index (χ0v) is 19.3. The Morgan fingerprint density at radius 1 is 1.12 bits per heavy atom. The lowest BCUT2D eigenvalue weighted by Gasteiger charge is -2.32. The fourth-order valence-electron chi connectivity index (χ4n) is 4.22. The summed E-state index contributed by atoms with van der Waals surface area (Å²) in [7, 11) is -3.79. The second-order valence-corrected chi connectivity index (χ2v) is 10.8. The molecule has 1 aliphatic carbocycles. The number of hydrogen-bond acceptors (Lipinski definition) is 5. The summed E-state index contributed by atoms with van der Waals surface area (Å²) < 4.78 is 58.5. The Morgan fingerprint density at radius 3 is 2.48 bits per heavy atom. The molecule has 4 rings (SSSR count). The van der Waals surface area contributed by atoms with E-state index in [2.05, 4.69) is 4.90 Å². The van der Waals surface area contributed by atoms with E-state index in [1.165, 1.54) is 18.2 Å². The van der Waals surface area contributed by atoms with Crippen molar-refractivity contribution in [3.63, 3.8) is 0 Å². The number of benzene rings is 2. The van der Waals surface area contributed by atoms with Crippen molar-refractivity contribution in [3.05, 3.63) is 64.7 Å². The lowest BCUT2D eigenvalue weighted by molar-refractivity contribution is 0.0977. The molecule has 6 nitrogen and oxygen atoms in total. The van der Waals surface area contributed by atoms with Crippen molar-refractivity contribution in [2.75, 3.05) is 26.0 Å². The van der Waals surface area contributed by atoms with Gasteiger partial charge >= 0.3 is 0 Å². The topological polar surface area (TPSA) is 75.7 Å². The zero-order valence-electron chi connectivity index (χ0n) is 18.5. The maximum atomic E-state index is 14.6. The zero-order chi connectivity index (χ0) is 23.6. The van der Waals surface area contributed by atoms with Crippen molar-refractivity contribution in [2.45, 2.75) is 38.1 Å². The third kappa shape index (κ3) is 6.51. The fourth-order valence-corrected chi connectivity index (χ4v) is 4.67. The third-order valence-electron chi connectivity index (χ3n) is 6.12. The van der Waals surface area contributed by atoms with Crippen molar-refractivity contribution in [1.29, 1.82) is 0 Å². The maximum absolute atomic E-state index is 14.6. The van der Waals surface area contributed by atoms with Gasteiger partial charge in [-0.05, 0) is 79.9 Å². The van der Waals surface area contributed by atoms with Gasteiger partial charge in [0.05, 0.1) is 18.4 Å². The van der Waals surface area contributed by atoms with Gasteiger partial charge in [-0.2, -0.15) is 0 Å². The number of hydrogen-bond donors (Lipinski definition) is 1. The van der Waals surface area contributed by atoms with E-state index in [9.17, 15) is 22.0 Å². The number of halogens is 2. The lowest BCUT2D eigenvalue weighted by Crippen LogP contribution is -2.35. The van der Waals surface area contributed by atoms with Crippen molar-refractivity contribution in [3.8, 4) is 5.75 Å². The molecule has 178 valence electrons. The number of ether oxygens (including phenoxy) is 1. The molecule has 0 radical (unpaired) electrons. The first-order valence-corrected chi connectivity index (χ1v) is 13.0. The van der Waals surface area contributed by atoms with Crippen molar-refractivity contribution < 1.29 is 26.7 Å². The number of nitrogens with zero attached hydrogens (tertiary/aromatic N) is 1. The Kier molecular flexibility index (Phi) is 6.99. The average Bonchev–Trinajstić information content (AvgIpc) is 3.57. The summed E-state index contributed by atoms with van der Waals surface area (Å²) in [4.78, 5) is 14.5.